The van der Waals surface area contributed by atoms with Crippen molar-refractivity contribution in [3.8, 4) is 17.7 Å². The highest BCUT2D eigenvalue weighted by Gasteiger charge is 2.28. The second-order valence-corrected chi connectivity index (χ2v) is 6.90. The van der Waals surface area contributed by atoms with Crippen LogP contribution in [0.3, 0.4) is 0 Å². The number of nitrogens with zero attached hydrogens (tertiary/aromatic N) is 6. The number of aromatic amines is 2. The van der Waals surface area contributed by atoms with Crippen molar-refractivity contribution in [1.82, 2.24) is 34.7 Å². The maximum atomic E-state index is 8.98. The van der Waals surface area contributed by atoms with Crippen LogP contribution in [-0.4, -0.2) is 34.7 Å². The van der Waals surface area contributed by atoms with Gasteiger partial charge in [-0.15, -0.1) is 0 Å². The van der Waals surface area contributed by atoms with E-state index < -0.39 is 0 Å². The van der Waals surface area contributed by atoms with Crippen LogP contribution in [-0.2, 0) is 0 Å². The molecule has 2 N–H and O–H groups in total. The van der Waals surface area contributed by atoms with Gasteiger partial charge in [-0.1, -0.05) is 0 Å². The van der Waals surface area contributed by atoms with Gasteiger partial charge in [-0.25, -0.2) is 15.0 Å². The van der Waals surface area contributed by atoms with Crippen LogP contribution in [0.25, 0.3) is 33.7 Å². The highest BCUT2D eigenvalue weighted by atomic mass is 15.2. The fourth-order valence-electron chi connectivity index (χ4n) is 4.16. The van der Waals surface area contributed by atoms with Gasteiger partial charge in [0.25, 0.3) is 0 Å². The quantitative estimate of drug-likeness (QED) is 0.591. The van der Waals surface area contributed by atoms with E-state index in [1.54, 1.807) is 6.33 Å². The smallest absolute Gasteiger partial charge is 0.216 e. The predicted molar refractivity (Wildman–Crippen MR) is 96.0 cm³/mol. The van der Waals surface area contributed by atoms with Crippen LogP contribution in [0.4, 0.5) is 0 Å². The summed E-state index contributed by atoms with van der Waals surface area (Å²) in [4.78, 5) is 16.8. The minimum atomic E-state index is 0.323. The van der Waals surface area contributed by atoms with Crippen LogP contribution in [0.2, 0.25) is 0 Å². The second-order valence-electron chi connectivity index (χ2n) is 6.90. The van der Waals surface area contributed by atoms with Crippen molar-refractivity contribution < 1.29 is 0 Å². The Balaban J connectivity index is 1.68. The third-order valence-corrected chi connectivity index (χ3v) is 5.41. The lowest BCUT2D eigenvalue weighted by molar-refractivity contribution is 0.283. The largest absolute Gasteiger partial charge is 0.346 e. The third kappa shape index (κ3) is 2.28. The Hall–Kier alpha value is -3.21. The fourth-order valence-corrected chi connectivity index (χ4v) is 4.16. The molecule has 8 heteroatoms. The van der Waals surface area contributed by atoms with Crippen LogP contribution in [0, 0.1) is 17.2 Å². The Morgan fingerprint density at radius 2 is 2.12 bits per heavy atom. The van der Waals surface area contributed by atoms with Crippen LogP contribution < -0.4 is 0 Å². The van der Waals surface area contributed by atoms with Crippen LogP contribution in [0.1, 0.15) is 38.1 Å². The first kappa shape index (κ1) is 15.1. The molecule has 4 heterocycles. The molecule has 1 saturated carbocycles. The Morgan fingerprint density at radius 1 is 1.23 bits per heavy atom. The minimum Gasteiger partial charge on any atom is -0.346 e. The number of aromatic nitrogens is 7. The Bertz CT molecular complexity index is 1090. The van der Waals surface area contributed by atoms with Crippen molar-refractivity contribution in [2.24, 2.45) is 5.92 Å². The predicted octanol–water partition coefficient (Wildman–Crippen LogP) is 3.34. The van der Waals surface area contributed by atoms with Gasteiger partial charge in [0.2, 0.25) is 5.82 Å². The molecule has 1 aliphatic rings. The van der Waals surface area contributed by atoms with E-state index in [0.29, 0.717) is 24.2 Å². The number of hydrogen-bond donors (Lipinski definition) is 2. The van der Waals surface area contributed by atoms with Gasteiger partial charge in [0, 0.05) is 24.0 Å². The average molecular weight is 346 g/mol. The number of rotatable bonds is 3. The molecule has 0 unspecified atom stereocenters. The summed E-state index contributed by atoms with van der Waals surface area (Å²) in [5, 5.41) is 17.1. The van der Waals surface area contributed by atoms with Crippen molar-refractivity contribution in [2.45, 2.75) is 38.1 Å². The molecule has 8 nitrogen and oxygen atoms in total. The van der Waals surface area contributed by atoms with Gasteiger partial charge in [-0.05, 0) is 37.7 Å². The zero-order valence-electron chi connectivity index (χ0n) is 14.2. The summed E-state index contributed by atoms with van der Waals surface area (Å²) in [6.07, 6.45) is 10.1. The van der Waals surface area contributed by atoms with E-state index in [0.717, 1.165) is 53.6 Å². The average Bonchev–Trinajstić information content (AvgIpc) is 3.40. The number of hydrogen-bond acceptors (Lipinski definition) is 5. The first-order chi connectivity index (χ1) is 12.8. The summed E-state index contributed by atoms with van der Waals surface area (Å²) in [5.74, 6) is 1.89. The third-order valence-electron chi connectivity index (χ3n) is 5.41. The molecule has 4 aromatic rings. The Morgan fingerprint density at radius 3 is 2.88 bits per heavy atom. The van der Waals surface area contributed by atoms with Crippen molar-refractivity contribution in [3.63, 3.8) is 0 Å². The standard InChI is InChI=1S/C18H18N8/c19-7-5-11-1-3-12(4-2-11)26-15-13-6-8-20-16(13)21-9-14(15)24-18(26)17-22-10-23-25-17/h6,8-12H,1-5H2,(H,20,21)(H,22,23,25)/t11-,12-. The number of fused-ring (bicyclic) bond motifs is 3. The summed E-state index contributed by atoms with van der Waals surface area (Å²) < 4.78 is 2.29. The second kappa shape index (κ2) is 5.95. The van der Waals surface area contributed by atoms with E-state index in [4.69, 9.17) is 10.2 Å². The first-order valence-corrected chi connectivity index (χ1v) is 8.92. The zero-order valence-corrected chi connectivity index (χ0v) is 14.2. The number of H-pyrrole nitrogens is 2. The van der Waals surface area contributed by atoms with Crippen LogP contribution in [0.15, 0.2) is 24.8 Å². The van der Waals surface area contributed by atoms with Gasteiger partial charge in [-0.2, -0.15) is 10.4 Å². The van der Waals surface area contributed by atoms with E-state index >= 15 is 0 Å². The number of nitriles is 1. The number of pyridine rings is 1. The van der Waals surface area contributed by atoms with Gasteiger partial charge in [0.05, 0.1) is 17.8 Å². The summed E-state index contributed by atoms with van der Waals surface area (Å²) in [6, 6.07) is 4.69. The first-order valence-electron chi connectivity index (χ1n) is 8.92. The van der Waals surface area contributed by atoms with Crippen molar-refractivity contribution >= 4 is 22.1 Å². The summed E-state index contributed by atoms with van der Waals surface area (Å²) in [6.45, 7) is 0. The SMILES string of the molecule is N#CC[C@H]1CC[C@H](n2c(-c3nc[nH]n3)nc3cnc4[nH]ccc4c32)CC1. The van der Waals surface area contributed by atoms with Gasteiger partial charge < -0.3 is 9.55 Å². The summed E-state index contributed by atoms with van der Waals surface area (Å²) in [5.41, 5.74) is 2.80. The molecule has 5 rings (SSSR count). The molecule has 0 saturated heterocycles. The fraction of sp³-hybridized carbons (Fsp3) is 0.389. The molecule has 4 aromatic heterocycles. The summed E-state index contributed by atoms with van der Waals surface area (Å²) >= 11 is 0. The lowest BCUT2D eigenvalue weighted by atomic mass is 9.84. The molecule has 26 heavy (non-hydrogen) atoms. The van der Waals surface area contributed by atoms with Crippen molar-refractivity contribution in [3.05, 3.63) is 24.8 Å². The van der Waals surface area contributed by atoms with E-state index in [1.165, 1.54) is 0 Å². The van der Waals surface area contributed by atoms with E-state index in [-0.39, 0.29) is 0 Å². The van der Waals surface area contributed by atoms with E-state index in [2.05, 4.69) is 35.8 Å². The molecule has 0 bridgehead atoms. The monoisotopic (exact) mass is 346 g/mol. The molecule has 0 radical (unpaired) electrons. The molecule has 0 amide bonds. The van der Waals surface area contributed by atoms with Gasteiger partial charge in [0.1, 0.15) is 17.5 Å². The van der Waals surface area contributed by atoms with Gasteiger partial charge in [-0.3, -0.25) is 5.10 Å². The molecular formula is C18H18N8. The number of nitrogens with one attached hydrogen (secondary N) is 2. The maximum absolute atomic E-state index is 8.98. The lowest BCUT2D eigenvalue weighted by Crippen LogP contribution is -2.19. The number of imidazole rings is 1. The molecule has 1 aliphatic carbocycles. The normalized spacial score (nSPS) is 20.6. The maximum Gasteiger partial charge on any atom is 0.216 e. The molecular weight excluding hydrogens is 328 g/mol. The lowest BCUT2D eigenvalue weighted by Gasteiger charge is -2.29. The molecule has 0 spiro atoms. The highest BCUT2D eigenvalue weighted by molar-refractivity contribution is 6.02. The van der Waals surface area contributed by atoms with Crippen molar-refractivity contribution in [2.75, 3.05) is 0 Å². The summed E-state index contributed by atoms with van der Waals surface area (Å²) in [7, 11) is 0. The van der Waals surface area contributed by atoms with Crippen LogP contribution in [0.5, 0.6) is 0 Å². The zero-order chi connectivity index (χ0) is 17.5. The van der Waals surface area contributed by atoms with Crippen molar-refractivity contribution in [1.29, 1.82) is 5.26 Å². The molecule has 0 aliphatic heterocycles. The molecule has 0 atom stereocenters. The molecule has 1 fully saturated rings. The van der Waals surface area contributed by atoms with Crippen LogP contribution >= 0.6 is 0 Å². The Kier molecular flexibility index (Phi) is 3.45. The minimum absolute atomic E-state index is 0.323. The Labute approximate surface area is 149 Å². The van der Waals surface area contributed by atoms with Gasteiger partial charge in [0.15, 0.2) is 5.82 Å². The van der Waals surface area contributed by atoms with Gasteiger partial charge >= 0.3 is 0 Å². The molecule has 0 aromatic carbocycles. The van der Waals surface area contributed by atoms with E-state index in [9.17, 15) is 0 Å². The highest BCUT2D eigenvalue weighted by Crippen LogP contribution is 2.39. The topological polar surface area (TPSA) is 112 Å². The molecule has 130 valence electrons. The van der Waals surface area contributed by atoms with E-state index in [1.807, 2.05) is 18.5 Å².